The van der Waals surface area contributed by atoms with Crippen LogP contribution >= 0.6 is 0 Å². The van der Waals surface area contributed by atoms with E-state index in [1.807, 2.05) is 0 Å². The number of carbonyl (C=O) groups excluding carboxylic acids is 1. The quantitative estimate of drug-likeness (QED) is 0.829. The van der Waals surface area contributed by atoms with Gasteiger partial charge in [-0.2, -0.15) is 0 Å². The van der Waals surface area contributed by atoms with Crippen molar-refractivity contribution in [3.63, 3.8) is 0 Å². The molecule has 0 radical (unpaired) electrons. The average molecular weight is 236 g/mol. The third-order valence-corrected chi connectivity index (χ3v) is 2.83. The summed E-state index contributed by atoms with van der Waals surface area (Å²) in [4.78, 5) is 13.7. The minimum Gasteiger partial charge on any atom is -0.493 e. The molecule has 0 saturated carbocycles. The maximum absolute atomic E-state index is 12.0. The number of hydrogen-bond donors (Lipinski definition) is 1. The number of nitrogens with zero attached hydrogens (tertiary/aromatic N) is 1. The first-order valence-corrected chi connectivity index (χ1v) is 5.42. The van der Waals surface area contributed by atoms with E-state index >= 15 is 0 Å². The average Bonchev–Trinajstić information content (AvgIpc) is 2.33. The Balaban J connectivity index is 2.18. The van der Waals surface area contributed by atoms with Gasteiger partial charge in [0.15, 0.2) is 11.5 Å². The van der Waals surface area contributed by atoms with E-state index in [1.165, 1.54) is 0 Å². The molecule has 2 N–H and O–H groups in total. The fraction of sp³-hybridized carbons (Fsp3) is 0.417. The third-order valence-electron chi connectivity index (χ3n) is 2.83. The molecule has 1 heterocycles. The Morgan fingerprint density at radius 1 is 1.29 bits per heavy atom. The van der Waals surface area contributed by atoms with Crippen LogP contribution in [0.2, 0.25) is 0 Å². The molecule has 0 atom stereocenters. The molecule has 5 nitrogen and oxygen atoms in total. The molecule has 1 fully saturated rings. The Morgan fingerprint density at radius 3 is 2.47 bits per heavy atom. The van der Waals surface area contributed by atoms with E-state index < -0.39 is 0 Å². The number of likely N-dealkylation sites (tertiary alicyclic amines) is 1. The number of hydrogen-bond acceptors (Lipinski definition) is 4. The smallest absolute Gasteiger partial charge is 0.254 e. The number of benzene rings is 1. The summed E-state index contributed by atoms with van der Waals surface area (Å²) < 4.78 is 10.3. The SMILES string of the molecule is COc1ccc(C(=O)N2CC(N)C2)cc1OC. The highest BCUT2D eigenvalue weighted by molar-refractivity contribution is 5.95. The minimum atomic E-state index is -0.0207. The van der Waals surface area contributed by atoms with Crippen molar-refractivity contribution in [2.45, 2.75) is 6.04 Å². The van der Waals surface area contributed by atoms with Gasteiger partial charge in [-0.1, -0.05) is 0 Å². The van der Waals surface area contributed by atoms with Gasteiger partial charge in [-0.05, 0) is 18.2 Å². The molecule has 2 rings (SSSR count). The zero-order valence-electron chi connectivity index (χ0n) is 9.97. The number of carbonyl (C=O) groups is 1. The predicted molar refractivity (Wildman–Crippen MR) is 63.4 cm³/mol. The van der Waals surface area contributed by atoms with E-state index in [-0.39, 0.29) is 11.9 Å². The maximum atomic E-state index is 12.0. The molecule has 5 heteroatoms. The van der Waals surface area contributed by atoms with E-state index in [0.717, 1.165) is 0 Å². The number of amides is 1. The highest BCUT2D eigenvalue weighted by Crippen LogP contribution is 2.28. The maximum Gasteiger partial charge on any atom is 0.254 e. The van der Waals surface area contributed by atoms with Crippen molar-refractivity contribution in [3.05, 3.63) is 23.8 Å². The lowest BCUT2D eigenvalue weighted by Crippen LogP contribution is -2.57. The molecule has 1 saturated heterocycles. The molecule has 0 bridgehead atoms. The van der Waals surface area contributed by atoms with Gasteiger partial charge in [0.2, 0.25) is 0 Å². The van der Waals surface area contributed by atoms with Gasteiger partial charge >= 0.3 is 0 Å². The first-order valence-electron chi connectivity index (χ1n) is 5.42. The monoisotopic (exact) mass is 236 g/mol. The topological polar surface area (TPSA) is 64.8 Å². The van der Waals surface area contributed by atoms with Crippen molar-refractivity contribution >= 4 is 5.91 Å². The van der Waals surface area contributed by atoms with Gasteiger partial charge in [-0.25, -0.2) is 0 Å². The summed E-state index contributed by atoms with van der Waals surface area (Å²) in [5, 5.41) is 0. The van der Waals surface area contributed by atoms with Crippen LogP contribution in [-0.4, -0.2) is 44.2 Å². The molecule has 1 aliphatic rings. The molecule has 0 aromatic heterocycles. The van der Waals surface area contributed by atoms with Gasteiger partial charge in [0.05, 0.1) is 14.2 Å². The first kappa shape index (κ1) is 11.7. The summed E-state index contributed by atoms with van der Waals surface area (Å²) in [6.07, 6.45) is 0. The largest absolute Gasteiger partial charge is 0.493 e. The fourth-order valence-corrected chi connectivity index (χ4v) is 1.83. The second kappa shape index (κ2) is 4.63. The lowest BCUT2D eigenvalue weighted by molar-refractivity contribution is 0.0607. The highest BCUT2D eigenvalue weighted by atomic mass is 16.5. The summed E-state index contributed by atoms with van der Waals surface area (Å²) in [5.74, 6) is 1.15. The molecular weight excluding hydrogens is 220 g/mol. The van der Waals surface area contributed by atoms with E-state index in [2.05, 4.69) is 0 Å². The Bertz CT molecular complexity index is 428. The zero-order valence-corrected chi connectivity index (χ0v) is 9.97. The lowest BCUT2D eigenvalue weighted by Gasteiger charge is -2.36. The van der Waals surface area contributed by atoms with E-state index in [0.29, 0.717) is 30.2 Å². The van der Waals surface area contributed by atoms with Crippen molar-refractivity contribution in [1.29, 1.82) is 0 Å². The van der Waals surface area contributed by atoms with Crippen molar-refractivity contribution in [3.8, 4) is 11.5 Å². The zero-order chi connectivity index (χ0) is 12.4. The van der Waals surface area contributed by atoms with Crippen LogP contribution in [0, 0.1) is 0 Å². The normalized spacial score (nSPS) is 15.4. The summed E-state index contributed by atoms with van der Waals surface area (Å²) in [7, 11) is 3.11. The summed E-state index contributed by atoms with van der Waals surface area (Å²) in [6, 6.07) is 5.25. The Morgan fingerprint density at radius 2 is 1.94 bits per heavy atom. The van der Waals surface area contributed by atoms with E-state index in [1.54, 1.807) is 37.3 Å². The standard InChI is InChI=1S/C12H16N2O3/c1-16-10-4-3-8(5-11(10)17-2)12(15)14-6-9(13)7-14/h3-5,9H,6-7,13H2,1-2H3. The fourth-order valence-electron chi connectivity index (χ4n) is 1.83. The van der Waals surface area contributed by atoms with E-state index in [9.17, 15) is 4.79 Å². The van der Waals surface area contributed by atoms with Gasteiger partial charge < -0.3 is 20.1 Å². The van der Waals surface area contributed by atoms with Crippen LogP contribution in [0.25, 0.3) is 0 Å². The van der Waals surface area contributed by atoms with Gasteiger partial charge in [-0.15, -0.1) is 0 Å². The molecule has 1 aromatic rings. The van der Waals surface area contributed by atoms with Crippen LogP contribution < -0.4 is 15.2 Å². The molecule has 1 amide bonds. The van der Waals surface area contributed by atoms with Crippen LogP contribution in [0.5, 0.6) is 11.5 Å². The van der Waals surface area contributed by atoms with Crippen LogP contribution in [-0.2, 0) is 0 Å². The molecule has 92 valence electrons. The Labute approximate surface area is 100 Å². The van der Waals surface area contributed by atoms with Crippen LogP contribution in [0.4, 0.5) is 0 Å². The number of methoxy groups -OCH3 is 2. The highest BCUT2D eigenvalue weighted by Gasteiger charge is 2.28. The van der Waals surface area contributed by atoms with Crippen LogP contribution in [0.15, 0.2) is 18.2 Å². The van der Waals surface area contributed by atoms with Crippen molar-refractivity contribution in [2.24, 2.45) is 5.73 Å². The second-order valence-corrected chi connectivity index (χ2v) is 4.04. The Kier molecular flexibility index (Phi) is 3.19. The lowest BCUT2D eigenvalue weighted by atomic mass is 10.1. The molecular formula is C12H16N2O3. The molecule has 17 heavy (non-hydrogen) atoms. The van der Waals surface area contributed by atoms with Gasteiger partial charge in [0.1, 0.15) is 0 Å². The van der Waals surface area contributed by atoms with Crippen molar-refractivity contribution < 1.29 is 14.3 Å². The number of ether oxygens (including phenoxy) is 2. The van der Waals surface area contributed by atoms with Crippen molar-refractivity contribution in [2.75, 3.05) is 27.3 Å². The summed E-state index contributed by atoms with van der Waals surface area (Å²) >= 11 is 0. The molecule has 0 spiro atoms. The molecule has 0 aliphatic carbocycles. The second-order valence-electron chi connectivity index (χ2n) is 4.04. The number of rotatable bonds is 3. The van der Waals surface area contributed by atoms with Gasteiger partial charge in [0, 0.05) is 24.7 Å². The first-order chi connectivity index (χ1) is 8.15. The van der Waals surface area contributed by atoms with Gasteiger partial charge in [0.25, 0.3) is 5.91 Å². The van der Waals surface area contributed by atoms with Gasteiger partial charge in [-0.3, -0.25) is 4.79 Å². The van der Waals surface area contributed by atoms with Crippen LogP contribution in [0.1, 0.15) is 10.4 Å². The minimum absolute atomic E-state index is 0.0207. The number of nitrogens with two attached hydrogens (primary N) is 1. The summed E-state index contributed by atoms with van der Waals surface area (Å²) in [5.41, 5.74) is 6.24. The third kappa shape index (κ3) is 2.19. The molecule has 1 aromatic carbocycles. The van der Waals surface area contributed by atoms with Crippen molar-refractivity contribution in [1.82, 2.24) is 4.90 Å². The van der Waals surface area contributed by atoms with E-state index in [4.69, 9.17) is 15.2 Å². The predicted octanol–water partition coefficient (Wildman–Crippen LogP) is 0.487. The van der Waals surface area contributed by atoms with Crippen LogP contribution in [0.3, 0.4) is 0 Å². The molecule has 0 unspecified atom stereocenters. The Hall–Kier alpha value is -1.75. The molecule has 1 aliphatic heterocycles. The summed E-state index contributed by atoms with van der Waals surface area (Å²) in [6.45, 7) is 1.24.